The first-order valence-electron chi connectivity index (χ1n) is 4.43. The summed E-state index contributed by atoms with van der Waals surface area (Å²) in [5.41, 5.74) is 5.76. The molecule has 0 aliphatic carbocycles. The summed E-state index contributed by atoms with van der Waals surface area (Å²) >= 11 is 0. The number of nitriles is 1. The maximum atomic E-state index is 13.0. The second kappa shape index (κ2) is 4.13. The molecule has 1 aromatic carbocycles. The molecule has 0 saturated heterocycles. The van der Waals surface area contributed by atoms with E-state index in [9.17, 15) is 4.39 Å². The van der Waals surface area contributed by atoms with Crippen molar-refractivity contribution in [2.24, 2.45) is 5.73 Å². The van der Waals surface area contributed by atoms with E-state index in [2.05, 4.69) is 11.8 Å². The predicted molar refractivity (Wildman–Crippen MR) is 56.3 cm³/mol. The highest BCUT2D eigenvalue weighted by Gasteiger charge is 2.04. The van der Waals surface area contributed by atoms with Gasteiger partial charge in [0.1, 0.15) is 5.82 Å². The van der Waals surface area contributed by atoms with E-state index in [1.54, 1.807) is 13.8 Å². The summed E-state index contributed by atoms with van der Waals surface area (Å²) < 4.78 is 13.0. The number of nitrogens with two attached hydrogens (primary N) is 1. The van der Waals surface area contributed by atoms with Crippen molar-refractivity contribution in [3.05, 3.63) is 35.1 Å². The van der Waals surface area contributed by atoms with E-state index in [4.69, 9.17) is 11.0 Å². The third-order valence-electron chi connectivity index (χ3n) is 1.56. The van der Waals surface area contributed by atoms with Crippen molar-refractivity contribution in [3.63, 3.8) is 0 Å². The van der Waals surface area contributed by atoms with Crippen LogP contribution in [0.2, 0.25) is 0 Å². The minimum atomic E-state index is -0.626. The molecule has 3 heteroatoms. The Morgan fingerprint density at radius 2 is 1.87 bits per heavy atom. The molecule has 0 heterocycles. The Kier molecular flexibility index (Phi) is 3.09. The van der Waals surface area contributed by atoms with Gasteiger partial charge in [-0.25, -0.2) is 4.39 Å². The molecule has 0 atom stereocenters. The molecule has 0 amide bonds. The molecule has 0 aliphatic rings. The third kappa shape index (κ3) is 3.81. The van der Waals surface area contributed by atoms with Gasteiger partial charge in [0.25, 0.3) is 0 Å². The van der Waals surface area contributed by atoms with E-state index in [-0.39, 0.29) is 5.56 Å². The number of rotatable bonds is 0. The number of nitrogens with zero attached hydrogens (tertiary/aromatic N) is 1. The molecule has 2 nitrogen and oxygen atoms in total. The van der Waals surface area contributed by atoms with Crippen molar-refractivity contribution < 1.29 is 4.39 Å². The second-order valence-corrected chi connectivity index (χ2v) is 3.81. The smallest absolute Gasteiger partial charge is 0.125 e. The highest BCUT2D eigenvalue weighted by Crippen LogP contribution is 2.07. The molecule has 0 aromatic heterocycles. The highest BCUT2D eigenvalue weighted by atomic mass is 19.1. The minimum Gasteiger partial charge on any atom is -0.316 e. The van der Waals surface area contributed by atoms with Gasteiger partial charge in [0.2, 0.25) is 0 Å². The summed E-state index contributed by atoms with van der Waals surface area (Å²) in [6.07, 6.45) is 0. The summed E-state index contributed by atoms with van der Waals surface area (Å²) in [5, 5.41) is 8.63. The maximum Gasteiger partial charge on any atom is 0.125 e. The SMILES string of the molecule is CC(C)(N)C#Cc1cc(F)cc(C#N)c1. The normalized spacial score (nSPS) is 10.1. The maximum absolute atomic E-state index is 13.0. The van der Waals surface area contributed by atoms with Crippen LogP contribution in [-0.2, 0) is 0 Å². The number of benzene rings is 1. The fraction of sp³-hybridized carbons (Fsp3) is 0.250. The molecule has 2 N–H and O–H groups in total. The van der Waals surface area contributed by atoms with Crippen molar-refractivity contribution in [3.8, 4) is 17.9 Å². The van der Waals surface area contributed by atoms with Gasteiger partial charge < -0.3 is 5.73 Å². The molecular formula is C12H11FN2. The van der Waals surface area contributed by atoms with E-state index in [1.807, 2.05) is 6.07 Å². The Balaban J connectivity index is 3.11. The Hall–Kier alpha value is -1.84. The van der Waals surface area contributed by atoms with Crippen LogP contribution in [0.25, 0.3) is 0 Å². The zero-order valence-corrected chi connectivity index (χ0v) is 8.63. The number of hydrogen-bond acceptors (Lipinski definition) is 2. The van der Waals surface area contributed by atoms with E-state index in [0.717, 1.165) is 0 Å². The van der Waals surface area contributed by atoms with Crippen molar-refractivity contribution in [1.29, 1.82) is 5.26 Å². The summed E-state index contributed by atoms with van der Waals surface area (Å²) in [7, 11) is 0. The molecule has 1 aromatic rings. The van der Waals surface area contributed by atoms with Gasteiger partial charge in [0.05, 0.1) is 17.2 Å². The number of hydrogen-bond donors (Lipinski definition) is 1. The van der Waals surface area contributed by atoms with Gasteiger partial charge in [-0.15, -0.1) is 0 Å². The van der Waals surface area contributed by atoms with Gasteiger partial charge in [-0.05, 0) is 32.0 Å². The summed E-state index contributed by atoms with van der Waals surface area (Å²) in [5.74, 6) is 5.04. The lowest BCUT2D eigenvalue weighted by Crippen LogP contribution is -2.29. The Morgan fingerprint density at radius 1 is 1.27 bits per heavy atom. The fourth-order valence-corrected chi connectivity index (χ4v) is 0.960. The topological polar surface area (TPSA) is 49.8 Å². The molecule has 15 heavy (non-hydrogen) atoms. The van der Waals surface area contributed by atoms with E-state index < -0.39 is 11.4 Å². The van der Waals surface area contributed by atoms with Gasteiger partial charge in [-0.1, -0.05) is 11.8 Å². The summed E-state index contributed by atoms with van der Waals surface area (Å²) in [4.78, 5) is 0. The lowest BCUT2D eigenvalue weighted by molar-refractivity contribution is 0.627. The molecular weight excluding hydrogens is 191 g/mol. The third-order valence-corrected chi connectivity index (χ3v) is 1.56. The van der Waals surface area contributed by atoms with Crippen LogP contribution < -0.4 is 5.73 Å². The van der Waals surface area contributed by atoms with E-state index >= 15 is 0 Å². The monoisotopic (exact) mass is 202 g/mol. The fourth-order valence-electron chi connectivity index (χ4n) is 0.960. The van der Waals surface area contributed by atoms with Gasteiger partial charge >= 0.3 is 0 Å². The molecule has 1 rings (SSSR count). The molecule has 0 spiro atoms. The van der Waals surface area contributed by atoms with Crippen molar-refractivity contribution in [1.82, 2.24) is 0 Å². The molecule has 0 unspecified atom stereocenters. The van der Waals surface area contributed by atoms with Crippen LogP contribution in [-0.4, -0.2) is 5.54 Å². The van der Waals surface area contributed by atoms with Crippen LogP contribution in [0.5, 0.6) is 0 Å². The van der Waals surface area contributed by atoms with Crippen LogP contribution in [0.15, 0.2) is 18.2 Å². The van der Waals surface area contributed by atoms with Gasteiger partial charge in [-0.3, -0.25) is 0 Å². The first-order chi connectivity index (χ1) is 6.90. The standard InChI is InChI=1S/C12H11FN2/c1-12(2,15)4-3-9-5-10(8-14)7-11(13)6-9/h5-7H,15H2,1-2H3. The van der Waals surface area contributed by atoms with Crippen molar-refractivity contribution in [2.45, 2.75) is 19.4 Å². The lowest BCUT2D eigenvalue weighted by Gasteiger charge is -2.07. The lowest BCUT2D eigenvalue weighted by atomic mass is 10.1. The predicted octanol–water partition coefficient (Wildman–Crippen LogP) is 1.79. The van der Waals surface area contributed by atoms with E-state index in [1.165, 1.54) is 18.2 Å². The van der Waals surface area contributed by atoms with E-state index in [0.29, 0.717) is 5.56 Å². The quantitative estimate of drug-likeness (QED) is 0.652. The largest absolute Gasteiger partial charge is 0.316 e. The molecule has 76 valence electrons. The number of halogens is 1. The first kappa shape index (κ1) is 11.2. The zero-order valence-electron chi connectivity index (χ0n) is 8.63. The molecule has 0 fully saturated rings. The second-order valence-electron chi connectivity index (χ2n) is 3.81. The van der Waals surface area contributed by atoms with Gasteiger partial charge in [-0.2, -0.15) is 5.26 Å². The average Bonchev–Trinajstić information content (AvgIpc) is 2.13. The highest BCUT2D eigenvalue weighted by molar-refractivity contribution is 5.43. The average molecular weight is 202 g/mol. The Bertz CT molecular complexity index is 467. The molecule has 0 bridgehead atoms. The minimum absolute atomic E-state index is 0.258. The zero-order chi connectivity index (χ0) is 11.5. The van der Waals surface area contributed by atoms with Crippen LogP contribution in [0.3, 0.4) is 0 Å². The first-order valence-corrected chi connectivity index (χ1v) is 4.43. The van der Waals surface area contributed by atoms with Gasteiger partial charge in [0, 0.05) is 5.56 Å². The Labute approximate surface area is 88.5 Å². The van der Waals surface area contributed by atoms with Crippen molar-refractivity contribution >= 4 is 0 Å². The summed E-state index contributed by atoms with van der Waals surface area (Å²) in [6.45, 7) is 3.51. The molecule has 0 radical (unpaired) electrons. The molecule has 0 aliphatic heterocycles. The van der Waals surface area contributed by atoms with Gasteiger partial charge in [0.15, 0.2) is 0 Å². The summed E-state index contributed by atoms with van der Waals surface area (Å²) in [6, 6.07) is 5.84. The van der Waals surface area contributed by atoms with Crippen molar-refractivity contribution in [2.75, 3.05) is 0 Å². The molecule has 0 saturated carbocycles. The van der Waals surface area contributed by atoms with Crippen LogP contribution >= 0.6 is 0 Å². The van der Waals surface area contributed by atoms with Crippen LogP contribution in [0.4, 0.5) is 4.39 Å². The van der Waals surface area contributed by atoms with Crippen LogP contribution in [0, 0.1) is 29.0 Å². The van der Waals surface area contributed by atoms with Crippen LogP contribution in [0.1, 0.15) is 25.0 Å². The Morgan fingerprint density at radius 3 is 2.40 bits per heavy atom.